The molecule has 2 N–H and O–H groups in total. The van der Waals surface area contributed by atoms with Gasteiger partial charge in [-0.15, -0.1) is 9.42 Å². The van der Waals surface area contributed by atoms with Crippen LogP contribution in [-0.2, 0) is 22.1 Å². The number of benzene rings is 2. The first-order chi connectivity index (χ1) is 15.6. The molecule has 0 saturated carbocycles. The van der Waals surface area contributed by atoms with Crippen molar-refractivity contribution in [2.75, 3.05) is 13.2 Å². The Morgan fingerprint density at radius 3 is 2.72 bits per heavy atom. The van der Waals surface area contributed by atoms with Gasteiger partial charge in [-0.3, -0.25) is 4.98 Å². The van der Waals surface area contributed by atoms with Gasteiger partial charge in [-0.05, 0) is 60.2 Å². The zero-order chi connectivity index (χ0) is 22.8. The number of nitrogens with zero attached hydrogens (tertiary/aromatic N) is 1. The Bertz CT molecular complexity index is 1040. The fourth-order valence-corrected chi connectivity index (χ4v) is 4.13. The largest absolute Gasteiger partial charge is 0.694 e. The number of hydrogen-bond donors (Lipinski definition) is 2. The van der Waals surface area contributed by atoms with E-state index < -0.39 is 8.25 Å². The van der Waals surface area contributed by atoms with Gasteiger partial charge >= 0.3 is 8.25 Å². The molecule has 3 rings (SSSR count). The number of nitrogens with one attached hydrogen (secondary N) is 1. The lowest BCUT2D eigenvalue weighted by molar-refractivity contribution is 0.276. The topological polar surface area (TPSA) is 71.5 Å². The maximum absolute atomic E-state index is 14.8. The molecule has 170 valence electrons. The first-order valence-electron chi connectivity index (χ1n) is 11.2. The molecule has 2 aromatic carbocycles. The van der Waals surface area contributed by atoms with Crippen LogP contribution in [0, 0.1) is 5.82 Å². The van der Waals surface area contributed by atoms with E-state index >= 15 is 0 Å². The van der Waals surface area contributed by atoms with Gasteiger partial charge in [-0.25, -0.2) is 4.39 Å². The average Bonchev–Trinajstić information content (AvgIpc) is 2.79. The van der Waals surface area contributed by atoms with Crippen LogP contribution in [0.1, 0.15) is 50.2 Å². The van der Waals surface area contributed by atoms with Crippen molar-refractivity contribution in [3.05, 3.63) is 65.6 Å². The van der Waals surface area contributed by atoms with E-state index in [1.807, 2.05) is 36.4 Å². The Hall–Kier alpha value is -2.24. The molecule has 1 unspecified atom stereocenters. The normalized spacial score (nSPS) is 11.8. The third-order valence-corrected chi connectivity index (χ3v) is 5.94. The minimum Gasteiger partial charge on any atom is -0.313 e. The van der Waals surface area contributed by atoms with E-state index in [0.717, 1.165) is 52.4 Å². The molecule has 0 saturated heterocycles. The maximum Gasteiger partial charge on any atom is 0.694 e. The monoisotopic (exact) mass is 457 g/mol. The molecule has 7 heteroatoms. The summed E-state index contributed by atoms with van der Waals surface area (Å²) in [5.74, 6) is -0.145. The zero-order valence-corrected chi connectivity index (χ0v) is 19.4. The van der Waals surface area contributed by atoms with E-state index in [1.165, 1.54) is 12.8 Å². The summed E-state index contributed by atoms with van der Waals surface area (Å²) in [4.78, 5) is 13.2. The Balaban J connectivity index is 1.72. The molecule has 0 spiro atoms. The highest BCUT2D eigenvalue weighted by molar-refractivity contribution is 7.32. The van der Waals surface area contributed by atoms with E-state index in [4.69, 9.17) is 4.89 Å². The van der Waals surface area contributed by atoms with Crippen molar-refractivity contribution in [3.63, 3.8) is 0 Å². The van der Waals surface area contributed by atoms with Crippen LogP contribution in [0.2, 0.25) is 0 Å². The molecule has 0 aliphatic heterocycles. The van der Waals surface area contributed by atoms with Crippen molar-refractivity contribution in [2.24, 2.45) is 0 Å². The Kier molecular flexibility index (Phi) is 9.69. The SMILES string of the molecule is CCCCCCc1ccc(-c2ccc(CNCCCO[P+](=O)O)c3ncccc23)cc1F. The molecular formula is C25H31FN2O3P+. The summed E-state index contributed by atoms with van der Waals surface area (Å²) in [6.45, 7) is 3.68. The Labute approximate surface area is 190 Å². The van der Waals surface area contributed by atoms with Crippen LogP contribution < -0.4 is 5.32 Å². The summed E-state index contributed by atoms with van der Waals surface area (Å²) in [7, 11) is -2.54. The number of halogens is 1. The molecule has 32 heavy (non-hydrogen) atoms. The lowest BCUT2D eigenvalue weighted by atomic mass is 9.96. The van der Waals surface area contributed by atoms with E-state index in [1.54, 1.807) is 12.3 Å². The fourth-order valence-electron chi connectivity index (χ4n) is 3.85. The zero-order valence-electron chi connectivity index (χ0n) is 18.5. The molecule has 0 fully saturated rings. The highest BCUT2D eigenvalue weighted by Gasteiger charge is 2.12. The molecule has 0 radical (unpaired) electrons. The molecule has 0 amide bonds. The molecule has 5 nitrogen and oxygen atoms in total. The second kappa shape index (κ2) is 12.7. The minimum absolute atomic E-state index is 0.145. The Morgan fingerprint density at radius 2 is 1.94 bits per heavy atom. The number of aryl methyl sites for hydroxylation is 1. The van der Waals surface area contributed by atoms with Crippen molar-refractivity contribution in [1.29, 1.82) is 0 Å². The van der Waals surface area contributed by atoms with Gasteiger partial charge in [-0.1, -0.05) is 56.5 Å². The number of pyridine rings is 1. The van der Waals surface area contributed by atoms with Gasteiger partial charge in [0.1, 0.15) is 12.4 Å². The van der Waals surface area contributed by atoms with E-state index in [0.29, 0.717) is 19.5 Å². The molecule has 0 aliphatic carbocycles. The van der Waals surface area contributed by atoms with Gasteiger partial charge in [0.25, 0.3) is 0 Å². The standard InChI is InChI=1S/C25H30FN2O3P/c1-2-3-4-5-8-19-10-11-20(17-24(19)26)22-13-12-21(25-23(22)9-6-15-28-25)18-27-14-7-16-31-32(29)30/h6,9-13,15,17,27H,2-5,7-8,14,16,18H2,1H3/p+1. The van der Waals surface area contributed by atoms with E-state index in [-0.39, 0.29) is 12.4 Å². The first-order valence-corrected chi connectivity index (χ1v) is 12.4. The van der Waals surface area contributed by atoms with Crippen molar-refractivity contribution in [3.8, 4) is 11.1 Å². The van der Waals surface area contributed by atoms with Gasteiger partial charge in [0.05, 0.1) is 5.52 Å². The third kappa shape index (κ3) is 6.88. The lowest BCUT2D eigenvalue weighted by Crippen LogP contribution is -2.16. The Morgan fingerprint density at radius 1 is 1.09 bits per heavy atom. The molecule has 1 aromatic heterocycles. The summed E-state index contributed by atoms with van der Waals surface area (Å²) in [6, 6.07) is 13.5. The average molecular weight is 458 g/mol. The number of unbranched alkanes of at least 4 members (excludes halogenated alkanes) is 3. The van der Waals surface area contributed by atoms with Gasteiger partial charge in [-0.2, -0.15) is 0 Å². The van der Waals surface area contributed by atoms with Crippen molar-refractivity contribution >= 4 is 19.2 Å². The van der Waals surface area contributed by atoms with E-state index in [2.05, 4.69) is 21.7 Å². The number of rotatable bonds is 13. The molecule has 3 aromatic rings. The van der Waals surface area contributed by atoms with Gasteiger partial charge in [0, 0.05) is 22.7 Å². The summed E-state index contributed by atoms with van der Waals surface area (Å²) >= 11 is 0. The van der Waals surface area contributed by atoms with Crippen LogP contribution in [0.3, 0.4) is 0 Å². The van der Waals surface area contributed by atoms with Gasteiger partial charge in [0.15, 0.2) is 0 Å². The summed E-state index contributed by atoms with van der Waals surface area (Å²) in [5, 5.41) is 4.30. The predicted octanol–water partition coefficient (Wildman–Crippen LogP) is 6.31. The summed E-state index contributed by atoms with van der Waals surface area (Å²) < 4.78 is 30.0. The van der Waals surface area contributed by atoms with Crippen molar-refractivity contribution < 1.29 is 18.4 Å². The van der Waals surface area contributed by atoms with Gasteiger partial charge < -0.3 is 5.32 Å². The van der Waals surface area contributed by atoms with Crippen LogP contribution in [0.15, 0.2) is 48.7 Å². The van der Waals surface area contributed by atoms with E-state index in [9.17, 15) is 8.96 Å². The van der Waals surface area contributed by atoms with Crippen molar-refractivity contribution in [2.45, 2.75) is 52.0 Å². The number of fused-ring (bicyclic) bond motifs is 1. The second-order valence-corrected chi connectivity index (χ2v) is 8.62. The third-order valence-electron chi connectivity index (χ3n) is 5.53. The van der Waals surface area contributed by atoms with Crippen LogP contribution >= 0.6 is 8.25 Å². The molecule has 1 heterocycles. The second-order valence-electron chi connectivity index (χ2n) is 7.89. The number of hydrogen-bond acceptors (Lipinski definition) is 4. The predicted molar refractivity (Wildman–Crippen MR) is 127 cm³/mol. The minimum atomic E-state index is -2.54. The van der Waals surface area contributed by atoms with Crippen LogP contribution in [0.4, 0.5) is 4.39 Å². The van der Waals surface area contributed by atoms with Gasteiger partial charge in [0.2, 0.25) is 0 Å². The van der Waals surface area contributed by atoms with Crippen LogP contribution in [0.5, 0.6) is 0 Å². The fraction of sp³-hybridized carbons (Fsp3) is 0.400. The maximum atomic E-state index is 14.8. The smallest absolute Gasteiger partial charge is 0.313 e. The highest BCUT2D eigenvalue weighted by atomic mass is 31.1. The molecule has 0 aliphatic rings. The summed E-state index contributed by atoms with van der Waals surface area (Å²) in [5.41, 5.74) is 4.53. The molecule has 0 bridgehead atoms. The van der Waals surface area contributed by atoms with Crippen LogP contribution in [0.25, 0.3) is 22.0 Å². The van der Waals surface area contributed by atoms with Crippen LogP contribution in [-0.4, -0.2) is 23.0 Å². The molecular weight excluding hydrogens is 426 g/mol. The molecule has 1 atom stereocenters. The van der Waals surface area contributed by atoms with Crippen molar-refractivity contribution in [1.82, 2.24) is 10.3 Å². The summed E-state index contributed by atoms with van der Waals surface area (Å²) in [6.07, 6.45) is 7.70. The lowest BCUT2D eigenvalue weighted by Gasteiger charge is -2.12. The first kappa shape index (κ1) is 24.4. The number of aromatic nitrogens is 1. The quantitative estimate of drug-likeness (QED) is 0.232. The highest BCUT2D eigenvalue weighted by Crippen LogP contribution is 2.31.